The number of amides is 2. The second-order valence-electron chi connectivity index (χ2n) is 5.79. The molecule has 0 bridgehead atoms. The van der Waals surface area contributed by atoms with Crippen LogP contribution in [0.4, 0.5) is 0 Å². The van der Waals surface area contributed by atoms with Gasteiger partial charge in [0.1, 0.15) is 0 Å². The van der Waals surface area contributed by atoms with Gasteiger partial charge in [-0.05, 0) is 37.5 Å². The first-order valence-corrected chi connectivity index (χ1v) is 8.15. The van der Waals surface area contributed by atoms with E-state index in [1.807, 2.05) is 0 Å². The number of carbonyl (C=O) groups is 2. The van der Waals surface area contributed by atoms with E-state index in [0.29, 0.717) is 24.9 Å². The highest BCUT2D eigenvalue weighted by Crippen LogP contribution is 2.22. The zero-order chi connectivity index (χ0) is 17.8. The summed E-state index contributed by atoms with van der Waals surface area (Å²) < 4.78 is 0. The van der Waals surface area contributed by atoms with E-state index in [4.69, 9.17) is 5.73 Å². The molecule has 24 heavy (non-hydrogen) atoms. The molecule has 0 spiro atoms. The number of rotatable bonds is 6. The maximum atomic E-state index is 11.8. The Hall–Kier alpha value is -2.56. The lowest BCUT2D eigenvalue weighted by molar-refractivity contribution is -0.139. The van der Waals surface area contributed by atoms with E-state index >= 15 is 0 Å². The van der Waals surface area contributed by atoms with Gasteiger partial charge in [0, 0.05) is 13.1 Å². The van der Waals surface area contributed by atoms with Gasteiger partial charge in [-0.1, -0.05) is 55.0 Å². The lowest BCUT2D eigenvalue weighted by atomic mass is 9.91. The Kier molecular flexibility index (Phi) is 8.97. The molecule has 4 N–H and O–H groups in total. The van der Waals surface area contributed by atoms with Crippen LogP contribution < -0.4 is 16.4 Å². The molecule has 0 aliphatic heterocycles. The summed E-state index contributed by atoms with van der Waals surface area (Å²) in [6, 6.07) is 0. The van der Waals surface area contributed by atoms with Gasteiger partial charge in [0.05, 0.1) is 0 Å². The van der Waals surface area contributed by atoms with Crippen LogP contribution in [0.1, 0.15) is 20.3 Å². The second kappa shape index (κ2) is 11.0. The van der Waals surface area contributed by atoms with Crippen molar-refractivity contribution in [1.29, 1.82) is 0 Å². The summed E-state index contributed by atoms with van der Waals surface area (Å²) in [6.07, 6.45) is 17.5. The molecule has 5 nitrogen and oxygen atoms in total. The van der Waals surface area contributed by atoms with Crippen LogP contribution in [0.25, 0.3) is 0 Å². The van der Waals surface area contributed by atoms with Crippen LogP contribution in [0.5, 0.6) is 0 Å². The molecule has 0 radical (unpaired) electrons. The van der Waals surface area contributed by atoms with Gasteiger partial charge in [-0.15, -0.1) is 0 Å². The van der Waals surface area contributed by atoms with E-state index < -0.39 is 11.8 Å². The Morgan fingerprint density at radius 2 is 1.92 bits per heavy atom. The van der Waals surface area contributed by atoms with Crippen molar-refractivity contribution in [2.24, 2.45) is 17.6 Å². The molecule has 130 valence electrons. The standard InChI is InChI=1S/C19H27N3O2/c1-15-9-8-10-17(16(2)13-15)14-22-19(24)18(23)21-12-7-5-3-4-6-11-20/h3-9,11,13,16-17H,10,12,14,20H2,1-2H3,(H,21,23)(H,22,24)/b4-3-,7-5-,11-6-. The van der Waals surface area contributed by atoms with Gasteiger partial charge in [-0.25, -0.2) is 0 Å². The number of nitrogens with one attached hydrogen (secondary N) is 2. The Labute approximate surface area is 144 Å². The van der Waals surface area contributed by atoms with Gasteiger partial charge in [0.25, 0.3) is 0 Å². The Bertz CT molecular complexity index is 571. The van der Waals surface area contributed by atoms with Crippen LogP contribution in [-0.4, -0.2) is 24.9 Å². The van der Waals surface area contributed by atoms with Crippen LogP contribution in [0, 0.1) is 11.8 Å². The smallest absolute Gasteiger partial charge is 0.309 e. The van der Waals surface area contributed by atoms with Crippen LogP contribution in [0.15, 0.2) is 60.4 Å². The quantitative estimate of drug-likeness (QED) is 0.514. The molecule has 0 aromatic heterocycles. The lowest BCUT2D eigenvalue weighted by Gasteiger charge is -2.19. The summed E-state index contributed by atoms with van der Waals surface area (Å²) in [4.78, 5) is 23.6. The SMILES string of the molecule is CC1=CC(C)C(CNC(=O)C(=O)NC\C=C/C=C\C=C/N)CC=C1. The molecule has 1 aliphatic rings. The monoisotopic (exact) mass is 329 g/mol. The zero-order valence-electron chi connectivity index (χ0n) is 14.4. The molecule has 2 atom stereocenters. The number of hydrogen-bond donors (Lipinski definition) is 3. The summed E-state index contributed by atoms with van der Waals surface area (Å²) in [5.41, 5.74) is 6.42. The first kappa shape index (κ1) is 19.5. The number of nitrogens with two attached hydrogens (primary N) is 1. The molecule has 0 saturated heterocycles. The fraction of sp³-hybridized carbons (Fsp3) is 0.368. The van der Waals surface area contributed by atoms with E-state index in [1.54, 1.807) is 30.4 Å². The minimum Gasteiger partial charge on any atom is -0.405 e. The summed E-state index contributed by atoms with van der Waals surface area (Å²) in [6.45, 7) is 4.99. The van der Waals surface area contributed by atoms with E-state index in [0.717, 1.165) is 6.42 Å². The zero-order valence-corrected chi connectivity index (χ0v) is 14.4. The minimum atomic E-state index is -0.617. The maximum absolute atomic E-state index is 11.8. The van der Waals surface area contributed by atoms with Crippen molar-refractivity contribution in [3.8, 4) is 0 Å². The van der Waals surface area contributed by atoms with Gasteiger partial charge in [0.15, 0.2) is 0 Å². The third-order valence-electron chi connectivity index (χ3n) is 3.78. The van der Waals surface area contributed by atoms with Gasteiger partial charge >= 0.3 is 11.8 Å². The van der Waals surface area contributed by atoms with Gasteiger partial charge < -0.3 is 16.4 Å². The van der Waals surface area contributed by atoms with E-state index in [1.165, 1.54) is 11.8 Å². The van der Waals surface area contributed by atoms with Crippen LogP contribution in [0.3, 0.4) is 0 Å². The molecule has 2 unspecified atom stereocenters. The van der Waals surface area contributed by atoms with Crippen molar-refractivity contribution in [3.63, 3.8) is 0 Å². The van der Waals surface area contributed by atoms with Gasteiger partial charge in [-0.2, -0.15) is 0 Å². The van der Waals surface area contributed by atoms with Crippen LogP contribution >= 0.6 is 0 Å². The Morgan fingerprint density at radius 1 is 1.21 bits per heavy atom. The number of hydrogen-bond acceptors (Lipinski definition) is 3. The predicted octanol–water partition coefficient (Wildman–Crippen LogP) is 1.96. The fourth-order valence-corrected chi connectivity index (χ4v) is 2.39. The van der Waals surface area contributed by atoms with Gasteiger partial charge in [0.2, 0.25) is 0 Å². The first-order chi connectivity index (χ1) is 11.5. The molecule has 0 aromatic carbocycles. The van der Waals surface area contributed by atoms with Crippen molar-refractivity contribution < 1.29 is 9.59 Å². The highest BCUT2D eigenvalue weighted by molar-refractivity contribution is 6.35. The third kappa shape index (κ3) is 7.63. The molecule has 1 rings (SSSR count). The van der Waals surface area contributed by atoms with E-state index in [9.17, 15) is 9.59 Å². The van der Waals surface area contributed by atoms with E-state index in [2.05, 4.69) is 42.7 Å². The van der Waals surface area contributed by atoms with Crippen molar-refractivity contribution in [2.45, 2.75) is 20.3 Å². The van der Waals surface area contributed by atoms with Crippen molar-refractivity contribution in [2.75, 3.05) is 13.1 Å². The van der Waals surface area contributed by atoms with Crippen molar-refractivity contribution in [1.82, 2.24) is 10.6 Å². The van der Waals surface area contributed by atoms with E-state index in [-0.39, 0.29) is 0 Å². The molecule has 5 heteroatoms. The summed E-state index contributed by atoms with van der Waals surface area (Å²) >= 11 is 0. The van der Waals surface area contributed by atoms with Crippen LogP contribution in [0.2, 0.25) is 0 Å². The number of allylic oxidation sites excluding steroid dienone is 8. The first-order valence-electron chi connectivity index (χ1n) is 8.15. The third-order valence-corrected chi connectivity index (χ3v) is 3.78. The molecular weight excluding hydrogens is 302 g/mol. The average Bonchev–Trinajstić information content (AvgIpc) is 2.71. The molecule has 0 fully saturated rings. The lowest BCUT2D eigenvalue weighted by Crippen LogP contribution is -2.42. The van der Waals surface area contributed by atoms with Crippen molar-refractivity contribution in [3.05, 3.63) is 60.4 Å². The Balaban J connectivity index is 2.32. The average molecular weight is 329 g/mol. The van der Waals surface area contributed by atoms with Gasteiger partial charge in [-0.3, -0.25) is 9.59 Å². The maximum Gasteiger partial charge on any atom is 0.309 e. The second-order valence-corrected chi connectivity index (χ2v) is 5.79. The highest BCUT2D eigenvalue weighted by Gasteiger charge is 2.19. The van der Waals surface area contributed by atoms with Crippen molar-refractivity contribution >= 4 is 11.8 Å². The van der Waals surface area contributed by atoms with Crippen LogP contribution in [-0.2, 0) is 9.59 Å². The Morgan fingerprint density at radius 3 is 2.67 bits per heavy atom. The molecule has 0 aromatic rings. The molecular formula is C19H27N3O2. The molecule has 1 aliphatic carbocycles. The summed E-state index contributed by atoms with van der Waals surface area (Å²) in [7, 11) is 0. The minimum absolute atomic E-state index is 0.299. The topological polar surface area (TPSA) is 84.2 Å². The molecule has 0 heterocycles. The number of carbonyl (C=O) groups excluding carboxylic acids is 2. The fourth-order valence-electron chi connectivity index (χ4n) is 2.39. The predicted molar refractivity (Wildman–Crippen MR) is 97.8 cm³/mol. The molecule has 2 amide bonds. The highest BCUT2D eigenvalue weighted by atomic mass is 16.2. The summed E-state index contributed by atoms with van der Waals surface area (Å²) in [5, 5.41) is 5.27. The largest absolute Gasteiger partial charge is 0.405 e. The normalized spacial score (nSPS) is 21.2. The summed E-state index contributed by atoms with van der Waals surface area (Å²) in [5.74, 6) is -0.545. The molecule has 0 saturated carbocycles.